The predicted molar refractivity (Wildman–Crippen MR) is 61.0 cm³/mol. The molecule has 17 heavy (non-hydrogen) atoms. The summed E-state index contributed by atoms with van der Waals surface area (Å²) < 4.78 is 3.38. The molecular weight excluding hydrogens is 220 g/mol. The van der Waals surface area contributed by atoms with E-state index in [9.17, 15) is 4.79 Å². The van der Waals surface area contributed by atoms with Gasteiger partial charge in [0.2, 0.25) is 0 Å². The molecule has 0 fully saturated rings. The van der Waals surface area contributed by atoms with Crippen molar-refractivity contribution in [2.75, 3.05) is 0 Å². The van der Waals surface area contributed by atoms with Gasteiger partial charge in [-0.15, -0.1) is 0 Å². The number of rotatable bonds is 3. The van der Waals surface area contributed by atoms with Gasteiger partial charge in [0.1, 0.15) is 5.56 Å². The summed E-state index contributed by atoms with van der Waals surface area (Å²) in [6, 6.07) is 1.89. The zero-order chi connectivity index (χ0) is 12.6. The molecule has 2 aromatic heterocycles. The van der Waals surface area contributed by atoms with Crippen molar-refractivity contribution in [2.24, 2.45) is 7.05 Å². The molecule has 2 rings (SSSR count). The van der Waals surface area contributed by atoms with Crippen molar-refractivity contribution in [3.05, 3.63) is 34.9 Å². The van der Waals surface area contributed by atoms with Crippen LogP contribution < -0.4 is 0 Å². The minimum Gasteiger partial charge on any atom is -0.478 e. The number of aromatic carboxylic acids is 1. The van der Waals surface area contributed by atoms with Crippen LogP contribution in [0.2, 0.25) is 0 Å². The average Bonchev–Trinajstić information content (AvgIpc) is 2.73. The highest BCUT2D eigenvalue weighted by atomic mass is 16.4. The molecule has 0 spiro atoms. The maximum atomic E-state index is 11.0. The van der Waals surface area contributed by atoms with Crippen molar-refractivity contribution in [3.63, 3.8) is 0 Å². The smallest absolute Gasteiger partial charge is 0.339 e. The highest BCUT2D eigenvalue weighted by Gasteiger charge is 2.17. The second-order valence-corrected chi connectivity index (χ2v) is 3.99. The van der Waals surface area contributed by atoms with Crippen LogP contribution in [-0.2, 0) is 13.6 Å². The van der Waals surface area contributed by atoms with Gasteiger partial charge in [-0.1, -0.05) is 0 Å². The number of aryl methyl sites for hydroxylation is 2. The fraction of sp³-hybridized carbons (Fsp3) is 0.364. The van der Waals surface area contributed by atoms with Gasteiger partial charge in [0.15, 0.2) is 0 Å². The molecule has 0 aliphatic heterocycles. The summed E-state index contributed by atoms with van der Waals surface area (Å²) >= 11 is 0. The van der Waals surface area contributed by atoms with Gasteiger partial charge in [-0.25, -0.2) is 4.79 Å². The van der Waals surface area contributed by atoms with E-state index in [1.54, 1.807) is 23.2 Å². The monoisotopic (exact) mass is 234 g/mol. The van der Waals surface area contributed by atoms with Gasteiger partial charge in [0.05, 0.1) is 23.6 Å². The third kappa shape index (κ3) is 2.06. The van der Waals surface area contributed by atoms with Gasteiger partial charge in [0, 0.05) is 13.2 Å². The highest BCUT2D eigenvalue weighted by molar-refractivity contribution is 5.90. The van der Waals surface area contributed by atoms with Gasteiger partial charge in [-0.05, 0) is 19.9 Å². The molecule has 1 N–H and O–H groups in total. The highest BCUT2D eigenvalue weighted by Crippen LogP contribution is 2.13. The number of carboxylic acids is 1. The summed E-state index contributed by atoms with van der Waals surface area (Å²) in [6.45, 7) is 3.94. The van der Waals surface area contributed by atoms with Crippen LogP contribution in [0.4, 0.5) is 0 Å². The lowest BCUT2D eigenvalue weighted by atomic mass is 10.2. The Morgan fingerprint density at radius 1 is 1.41 bits per heavy atom. The Bertz CT molecular complexity index is 568. The summed E-state index contributed by atoms with van der Waals surface area (Å²) in [6.07, 6.45) is 1.85. The summed E-state index contributed by atoms with van der Waals surface area (Å²) in [4.78, 5) is 11.0. The fourth-order valence-corrected chi connectivity index (χ4v) is 1.86. The maximum absolute atomic E-state index is 11.0. The minimum absolute atomic E-state index is 0.279. The van der Waals surface area contributed by atoms with Crippen LogP contribution in [0.25, 0.3) is 0 Å². The Morgan fingerprint density at radius 2 is 2.12 bits per heavy atom. The normalized spacial score (nSPS) is 10.8. The van der Waals surface area contributed by atoms with Gasteiger partial charge in [-0.3, -0.25) is 9.36 Å². The first-order valence-corrected chi connectivity index (χ1v) is 5.25. The Balaban J connectivity index is 2.34. The van der Waals surface area contributed by atoms with E-state index in [-0.39, 0.29) is 5.56 Å². The molecule has 0 bridgehead atoms. The molecule has 0 unspecified atom stereocenters. The molecule has 0 saturated carbocycles. The number of hydrogen-bond acceptors (Lipinski definition) is 3. The van der Waals surface area contributed by atoms with Crippen LogP contribution in [0.15, 0.2) is 12.3 Å². The molecule has 6 heteroatoms. The van der Waals surface area contributed by atoms with Crippen molar-refractivity contribution < 1.29 is 9.90 Å². The number of carboxylic acid groups (broad SMARTS) is 1. The molecule has 0 atom stereocenters. The van der Waals surface area contributed by atoms with Gasteiger partial charge >= 0.3 is 5.97 Å². The third-order valence-corrected chi connectivity index (χ3v) is 2.68. The lowest BCUT2D eigenvalue weighted by Gasteiger charge is -2.01. The van der Waals surface area contributed by atoms with E-state index in [1.165, 1.54) is 0 Å². The standard InChI is InChI=1S/C11H14N4O2/c1-7-10(11(16)17)8(2)15(12-7)6-9-4-5-14(3)13-9/h4-5H,6H2,1-3H3,(H,16,17). The Hall–Kier alpha value is -2.11. The van der Waals surface area contributed by atoms with E-state index < -0.39 is 5.97 Å². The number of carbonyl (C=O) groups is 1. The zero-order valence-electron chi connectivity index (χ0n) is 10.0. The number of aromatic nitrogens is 4. The van der Waals surface area contributed by atoms with Crippen molar-refractivity contribution in [3.8, 4) is 0 Å². The van der Waals surface area contributed by atoms with E-state index in [0.717, 1.165) is 5.69 Å². The molecular formula is C11H14N4O2. The van der Waals surface area contributed by atoms with Crippen LogP contribution in [0.3, 0.4) is 0 Å². The lowest BCUT2D eigenvalue weighted by molar-refractivity contribution is 0.0695. The third-order valence-electron chi connectivity index (χ3n) is 2.68. The van der Waals surface area contributed by atoms with Crippen molar-refractivity contribution in [2.45, 2.75) is 20.4 Å². The van der Waals surface area contributed by atoms with Crippen LogP contribution >= 0.6 is 0 Å². The molecule has 90 valence electrons. The molecule has 6 nitrogen and oxygen atoms in total. The van der Waals surface area contributed by atoms with Crippen LogP contribution in [0, 0.1) is 13.8 Å². The summed E-state index contributed by atoms with van der Waals surface area (Å²) in [5, 5.41) is 17.5. The number of nitrogens with zero attached hydrogens (tertiary/aromatic N) is 4. The van der Waals surface area contributed by atoms with Gasteiger partial charge in [0.25, 0.3) is 0 Å². The van der Waals surface area contributed by atoms with Crippen molar-refractivity contribution >= 4 is 5.97 Å². The first-order valence-electron chi connectivity index (χ1n) is 5.25. The number of hydrogen-bond donors (Lipinski definition) is 1. The average molecular weight is 234 g/mol. The molecule has 0 amide bonds. The topological polar surface area (TPSA) is 72.9 Å². The van der Waals surface area contributed by atoms with Crippen LogP contribution in [0.1, 0.15) is 27.4 Å². The molecule has 0 aliphatic carbocycles. The van der Waals surface area contributed by atoms with Crippen molar-refractivity contribution in [1.82, 2.24) is 19.6 Å². The van der Waals surface area contributed by atoms with E-state index in [2.05, 4.69) is 10.2 Å². The summed E-state index contributed by atoms with van der Waals surface area (Å²) in [5.41, 5.74) is 2.32. The maximum Gasteiger partial charge on any atom is 0.339 e. The van der Waals surface area contributed by atoms with E-state index >= 15 is 0 Å². The Morgan fingerprint density at radius 3 is 2.59 bits per heavy atom. The molecule has 0 aromatic carbocycles. The van der Waals surface area contributed by atoms with Gasteiger partial charge < -0.3 is 5.11 Å². The first-order chi connectivity index (χ1) is 7.99. The first kappa shape index (κ1) is 11.4. The predicted octanol–water partition coefficient (Wildman–Crippen LogP) is 0.980. The van der Waals surface area contributed by atoms with E-state index in [4.69, 9.17) is 5.11 Å². The van der Waals surface area contributed by atoms with E-state index in [1.807, 2.05) is 19.3 Å². The Kier molecular flexibility index (Phi) is 2.71. The quantitative estimate of drug-likeness (QED) is 0.859. The minimum atomic E-state index is -0.938. The van der Waals surface area contributed by atoms with Crippen LogP contribution in [0.5, 0.6) is 0 Å². The zero-order valence-corrected chi connectivity index (χ0v) is 10.0. The summed E-state index contributed by atoms with van der Waals surface area (Å²) in [7, 11) is 1.84. The SMILES string of the molecule is Cc1nn(Cc2ccn(C)n2)c(C)c1C(=O)O. The second kappa shape index (κ2) is 4.04. The molecule has 0 aliphatic rings. The lowest BCUT2D eigenvalue weighted by Crippen LogP contribution is -2.06. The molecule has 2 aromatic rings. The van der Waals surface area contributed by atoms with Gasteiger partial charge in [-0.2, -0.15) is 10.2 Å². The Labute approximate surface area is 98.5 Å². The molecule has 2 heterocycles. The second-order valence-electron chi connectivity index (χ2n) is 3.99. The summed E-state index contributed by atoms with van der Waals surface area (Å²) in [5.74, 6) is -0.938. The largest absolute Gasteiger partial charge is 0.478 e. The molecule has 0 radical (unpaired) electrons. The van der Waals surface area contributed by atoms with Crippen LogP contribution in [-0.4, -0.2) is 30.6 Å². The fourth-order valence-electron chi connectivity index (χ4n) is 1.86. The van der Waals surface area contributed by atoms with E-state index in [0.29, 0.717) is 17.9 Å². The van der Waals surface area contributed by atoms with Crippen molar-refractivity contribution in [1.29, 1.82) is 0 Å². The molecule has 0 saturated heterocycles.